The Kier molecular flexibility index (Phi) is 13.0. The van der Waals surface area contributed by atoms with E-state index in [0.29, 0.717) is 19.8 Å². The summed E-state index contributed by atoms with van der Waals surface area (Å²) < 4.78 is 25.3. The highest BCUT2D eigenvalue weighted by molar-refractivity contribution is 7.99. The van der Waals surface area contributed by atoms with Gasteiger partial charge in [0.15, 0.2) is 0 Å². The Hall–Kier alpha value is -0.630. The topological polar surface area (TPSA) is 57.2 Å². The summed E-state index contributed by atoms with van der Waals surface area (Å²) in [4.78, 5) is 1.11. The maximum atomic E-state index is 10.1. The van der Waals surface area contributed by atoms with E-state index in [2.05, 4.69) is 32.9 Å². The SMILES string of the molecule is CCCCOC1C(OCCCC)[C@H](Sc2ccccc2)OC(CO)[C@H]1OCCCC. The average molecular weight is 441 g/mol. The molecule has 6 heteroatoms. The predicted octanol–water partition coefficient (Wildman–Crippen LogP) is 5.05. The zero-order chi connectivity index (χ0) is 21.6. The highest BCUT2D eigenvalue weighted by Crippen LogP contribution is 2.37. The first-order valence-corrected chi connectivity index (χ1v) is 12.5. The first-order valence-electron chi connectivity index (χ1n) is 11.6. The number of ether oxygens (including phenoxy) is 4. The summed E-state index contributed by atoms with van der Waals surface area (Å²) in [6.45, 7) is 8.30. The molecule has 1 aromatic rings. The van der Waals surface area contributed by atoms with Crippen LogP contribution in [-0.4, -0.2) is 61.4 Å². The van der Waals surface area contributed by atoms with Crippen molar-refractivity contribution in [1.29, 1.82) is 0 Å². The molecule has 1 fully saturated rings. The number of unbranched alkanes of at least 4 members (excludes halogenated alkanes) is 3. The lowest BCUT2D eigenvalue weighted by Crippen LogP contribution is -2.60. The van der Waals surface area contributed by atoms with Gasteiger partial charge >= 0.3 is 0 Å². The minimum Gasteiger partial charge on any atom is -0.394 e. The molecule has 30 heavy (non-hydrogen) atoms. The monoisotopic (exact) mass is 440 g/mol. The van der Waals surface area contributed by atoms with Gasteiger partial charge in [0.05, 0.1) is 6.61 Å². The van der Waals surface area contributed by atoms with Gasteiger partial charge in [-0.1, -0.05) is 70.0 Å². The van der Waals surface area contributed by atoms with Gasteiger partial charge in [-0.25, -0.2) is 0 Å². The Morgan fingerprint density at radius 2 is 1.33 bits per heavy atom. The highest BCUT2D eigenvalue weighted by atomic mass is 32.2. The molecule has 1 aliphatic heterocycles. The molecule has 1 heterocycles. The van der Waals surface area contributed by atoms with E-state index in [1.165, 1.54) is 0 Å². The third-order valence-corrected chi connectivity index (χ3v) is 6.35. The van der Waals surface area contributed by atoms with Crippen LogP contribution in [0, 0.1) is 0 Å². The molecular formula is C24H40O5S. The molecule has 172 valence electrons. The lowest BCUT2D eigenvalue weighted by molar-refractivity contribution is -0.244. The van der Waals surface area contributed by atoms with Gasteiger partial charge in [0.25, 0.3) is 0 Å². The van der Waals surface area contributed by atoms with E-state index >= 15 is 0 Å². The minimum atomic E-state index is -0.430. The molecule has 0 aliphatic carbocycles. The number of aliphatic hydroxyl groups excluding tert-OH is 1. The van der Waals surface area contributed by atoms with Crippen LogP contribution in [0.5, 0.6) is 0 Å². The van der Waals surface area contributed by atoms with E-state index in [1.807, 2.05) is 18.2 Å². The van der Waals surface area contributed by atoms with Gasteiger partial charge in [0.2, 0.25) is 0 Å². The highest BCUT2D eigenvalue weighted by Gasteiger charge is 2.48. The number of rotatable bonds is 15. The largest absolute Gasteiger partial charge is 0.394 e. The molecule has 0 spiro atoms. The zero-order valence-electron chi connectivity index (χ0n) is 18.8. The van der Waals surface area contributed by atoms with Gasteiger partial charge in [-0.15, -0.1) is 0 Å². The maximum Gasteiger partial charge on any atom is 0.137 e. The number of thioether (sulfide) groups is 1. The number of aliphatic hydroxyl groups is 1. The van der Waals surface area contributed by atoms with Crippen LogP contribution >= 0.6 is 11.8 Å². The zero-order valence-corrected chi connectivity index (χ0v) is 19.6. The molecule has 0 aromatic heterocycles. The lowest BCUT2D eigenvalue weighted by atomic mass is 9.99. The van der Waals surface area contributed by atoms with E-state index in [9.17, 15) is 5.11 Å². The predicted molar refractivity (Wildman–Crippen MR) is 122 cm³/mol. The average Bonchev–Trinajstić information content (AvgIpc) is 2.77. The fourth-order valence-corrected chi connectivity index (χ4v) is 4.56. The molecular weight excluding hydrogens is 400 g/mol. The van der Waals surface area contributed by atoms with Gasteiger partial charge in [-0.05, 0) is 31.4 Å². The fraction of sp³-hybridized carbons (Fsp3) is 0.750. The summed E-state index contributed by atoms with van der Waals surface area (Å²) in [7, 11) is 0. The van der Waals surface area contributed by atoms with Crippen LogP contribution in [0.4, 0.5) is 0 Å². The van der Waals surface area contributed by atoms with E-state index in [1.54, 1.807) is 11.8 Å². The van der Waals surface area contributed by atoms with E-state index in [4.69, 9.17) is 18.9 Å². The van der Waals surface area contributed by atoms with Crippen LogP contribution in [0.1, 0.15) is 59.3 Å². The van der Waals surface area contributed by atoms with Crippen molar-refractivity contribution in [3.63, 3.8) is 0 Å². The van der Waals surface area contributed by atoms with Gasteiger partial charge in [-0.3, -0.25) is 0 Å². The van der Waals surface area contributed by atoms with Crippen LogP contribution in [-0.2, 0) is 18.9 Å². The molecule has 0 bridgehead atoms. The standard InChI is InChI=1S/C24H40O5S/c1-4-7-15-26-21-20(18-25)29-24(30-19-13-11-10-12-14-19)23(28-17-9-6-3)22(21)27-16-8-5-2/h10-14,20-25H,4-9,15-18H2,1-3H3/t20?,21-,22?,23?,24+/m1/s1. The summed E-state index contributed by atoms with van der Waals surface area (Å²) in [6, 6.07) is 10.2. The summed E-state index contributed by atoms with van der Waals surface area (Å²) in [6.07, 6.45) is 4.86. The molecule has 2 rings (SSSR count). The van der Waals surface area contributed by atoms with Crippen molar-refractivity contribution < 1.29 is 24.1 Å². The van der Waals surface area contributed by atoms with Crippen LogP contribution in [0.3, 0.4) is 0 Å². The van der Waals surface area contributed by atoms with Crippen LogP contribution in [0.25, 0.3) is 0 Å². The second-order valence-electron chi connectivity index (χ2n) is 7.72. The third kappa shape index (κ3) is 8.13. The Morgan fingerprint density at radius 1 is 0.800 bits per heavy atom. The van der Waals surface area contributed by atoms with Crippen molar-refractivity contribution >= 4 is 11.8 Å². The first-order chi connectivity index (χ1) is 14.7. The van der Waals surface area contributed by atoms with E-state index in [0.717, 1.165) is 43.4 Å². The van der Waals surface area contributed by atoms with Gasteiger partial charge in [-0.2, -0.15) is 0 Å². The van der Waals surface area contributed by atoms with Gasteiger partial charge in [0, 0.05) is 24.7 Å². The van der Waals surface area contributed by atoms with Crippen molar-refractivity contribution in [2.45, 2.75) is 94.0 Å². The molecule has 5 nitrogen and oxygen atoms in total. The Balaban J connectivity index is 2.23. The summed E-state index contributed by atoms with van der Waals surface area (Å²) in [5, 5.41) is 10.1. The number of hydrogen-bond acceptors (Lipinski definition) is 6. The second kappa shape index (κ2) is 15.2. The van der Waals surface area contributed by atoms with Crippen molar-refractivity contribution in [2.24, 2.45) is 0 Å². The van der Waals surface area contributed by atoms with Crippen molar-refractivity contribution in [3.8, 4) is 0 Å². The molecule has 0 radical (unpaired) electrons. The van der Waals surface area contributed by atoms with Crippen LogP contribution < -0.4 is 0 Å². The van der Waals surface area contributed by atoms with Crippen molar-refractivity contribution in [3.05, 3.63) is 30.3 Å². The van der Waals surface area contributed by atoms with Crippen molar-refractivity contribution in [1.82, 2.24) is 0 Å². The molecule has 1 aromatic carbocycles. The van der Waals surface area contributed by atoms with Gasteiger partial charge < -0.3 is 24.1 Å². The Bertz CT molecular complexity index is 544. The molecule has 1 saturated heterocycles. The fourth-order valence-electron chi connectivity index (χ4n) is 3.41. The van der Waals surface area contributed by atoms with E-state index < -0.39 is 6.10 Å². The molecule has 5 atom stereocenters. The second-order valence-corrected chi connectivity index (χ2v) is 8.90. The summed E-state index contributed by atoms with van der Waals surface area (Å²) in [5.41, 5.74) is -0.265. The molecule has 0 amide bonds. The summed E-state index contributed by atoms with van der Waals surface area (Å²) in [5.74, 6) is 0. The quantitative estimate of drug-likeness (QED) is 0.385. The molecule has 1 aliphatic rings. The van der Waals surface area contributed by atoms with Gasteiger partial charge in [0.1, 0.15) is 29.9 Å². The summed E-state index contributed by atoms with van der Waals surface area (Å²) >= 11 is 1.63. The van der Waals surface area contributed by atoms with E-state index in [-0.39, 0.29) is 30.4 Å². The molecule has 1 N–H and O–H groups in total. The minimum absolute atomic E-state index is 0.0992. The van der Waals surface area contributed by atoms with Crippen LogP contribution in [0.2, 0.25) is 0 Å². The number of hydrogen-bond donors (Lipinski definition) is 1. The molecule has 3 unspecified atom stereocenters. The first kappa shape index (κ1) is 25.6. The normalized spacial score (nSPS) is 26.7. The lowest BCUT2D eigenvalue weighted by Gasteiger charge is -2.45. The molecule has 0 saturated carbocycles. The Labute approximate surface area is 186 Å². The van der Waals surface area contributed by atoms with Crippen molar-refractivity contribution in [2.75, 3.05) is 26.4 Å². The third-order valence-electron chi connectivity index (χ3n) is 5.19. The Morgan fingerprint density at radius 3 is 1.87 bits per heavy atom. The maximum absolute atomic E-state index is 10.1. The smallest absolute Gasteiger partial charge is 0.137 e. The number of benzene rings is 1. The van der Waals surface area contributed by atoms with Crippen LogP contribution in [0.15, 0.2) is 35.2 Å².